The van der Waals surface area contributed by atoms with Gasteiger partial charge >= 0.3 is 17.9 Å². The molecule has 0 fully saturated rings. The maximum Gasteiger partial charge on any atom is 0.331 e. The van der Waals surface area contributed by atoms with Crippen molar-refractivity contribution in [2.45, 2.75) is 40.0 Å². The molecule has 0 saturated heterocycles. The molecule has 124 valence electrons. The lowest BCUT2D eigenvalue weighted by Gasteiger charge is -2.21. The van der Waals surface area contributed by atoms with E-state index in [9.17, 15) is 14.4 Å². The minimum Gasteiger partial charge on any atom is -0.423 e. The number of rotatable bonds is 5. The Balaban J connectivity index is 3.16. The Morgan fingerprint density at radius 3 is 2.04 bits per heavy atom. The summed E-state index contributed by atoms with van der Waals surface area (Å²) in [5.41, 5.74) is 0.111. The molecule has 0 aliphatic heterocycles. The second kappa shape index (κ2) is 7.53. The molecule has 0 atom stereocenters. The molecule has 1 aromatic carbocycles. The van der Waals surface area contributed by atoms with Crippen molar-refractivity contribution in [3.8, 4) is 11.5 Å². The lowest BCUT2D eigenvalue weighted by molar-refractivity contribution is -0.141. The Morgan fingerprint density at radius 1 is 0.957 bits per heavy atom. The fraction of sp³-hybridized carbons (Fsp3) is 0.375. The highest BCUT2D eigenvalue weighted by molar-refractivity contribution is 5.76. The summed E-state index contributed by atoms with van der Waals surface area (Å²) in [5, 5.41) is 3.61. The Labute approximate surface area is 134 Å². The summed E-state index contributed by atoms with van der Waals surface area (Å²) in [5.74, 6) is -1.32. The zero-order valence-corrected chi connectivity index (χ0v) is 13.7. The normalized spacial score (nSPS) is 11.2. The molecule has 0 amide bonds. The third kappa shape index (κ3) is 5.90. The van der Waals surface area contributed by atoms with Gasteiger partial charge in [0, 0.05) is 26.2 Å². The van der Waals surface area contributed by atoms with Crippen molar-refractivity contribution in [3.63, 3.8) is 0 Å². The van der Waals surface area contributed by atoms with E-state index in [1.54, 1.807) is 12.1 Å². The number of carbonyl (C=O) groups is 3. The number of esters is 2. The van der Waals surface area contributed by atoms with Crippen LogP contribution in [0.4, 0.5) is 0 Å². The highest BCUT2D eigenvalue weighted by atomic mass is 16.7. The summed E-state index contributed by atoms with van der Waals surface area (Å²) in [6.07, 6.45) is 1.45. The number of oxime groups is 1. The van der Waals surface area contributed by atoms with Crippen LogP contribution in [-0.4, -0.2) is 24.1 Å². The molecule has 1 rings (SSSR count). The Kier molecular flexibility index (Phi) is 6.01. The molecule has 0 bridgehead atoms. The van der Waals surface area contributed by atoms with Crippen LogP contribution in [0.1, 0.15) is 40.2 Å². The summed E-state index contributed by atoms with van der Waals surface area (Å²) in [6, 6.07) is 4.79. The number of ether oxygens (including phenoxy) is 2. The van der Waals surface area contributed by atoms with Crippen molar-refractivity contribution >= 4 is 24.1 Å². The molecule has 23 heavy (non-hydrogen) atoms. The van der Waals surface area contributed by atoms with E-state index < -0.39 is 23.3 Å². The zero-order chi connectivity index (χ0) is 17.6. The Hall–Kier alpha value is -2.70. The fourth-order valence-electron chi connectivity index (χ4n) is 1.69. The Bertz CT molecular complexity index is 648. The molecule has 0 saturated carbocycles. The van der Waals surface area contributed by atoms with Gasteiger partial charge in [0.05, 0.1) is 6.21 Å². The van der Waals surface area contributed by atoms with Crippen LogP contribution in [0.25, 0.3) is 0 Å². The molecule has 0 aliphatic rings. The quantitative estimate of drug-likeness (QED) is 0.272. The van der Waals surface area contributed by atoms with Crippen molar-refractivity contribution in [1.29, 1.82) is 0 Å². The van der Waals surface area contributed by atoms with Crippen LogP contribution in [0.5, 0.6) is 11.5 Å². The van der Waals surface area contributed by atoms with Gasteiger partial charge in [-0.1, -0.05) is 25.1 Å². The molecule has 0 radical (unpaired) electrons. The first-order valence-corrected chi connectivity index (χ1v) is 6.85. The number of nitrogens with zero attached hydrogens (tertiary/aromatic N) is 1. The van der Waals surface area contributed by atoms with Crippen LogP contribution in [0.15, 0.2) is 23.4 Å². The number of benzene rings is 1. The minimum atomic E-state index is -0.612. The standard InChI is InChI=1S/C16H19NO6/c1-10(18)21-14-7-6-13(8-15(14)22-11(2)19)16(4,5)9-17-23-12(3)20/h6-9H,1-5H3. The molecule has 1 aromatic rings. The first-order valence-electron chi connectivity index (χ1n) is 6.85. The second-order valence-electron chi connectivity index (χ2n) is 5.39. The average molecular weight is 321 g/mol. The molecule has 0 aromatic heterocycles. The van der Waals surface area contributed by atoms with E-state index in [1.165, 1.54) is 33.1 Å². The predicted octanol–water partition coefficient (Wildman–Crippen LogP) is 2.36. The number of hydrogen-bond acceptors (Lipinski definition) is 7. The van der Waals surface area contributed by atoms with Gasteiger partial charge in [-0.25, -0.2) is 4.79 Å². The van der Waals surface area contributed by atoms with Gasteiger partial charge < -0.3 is 14.3 Å². The first kappa shape index (κ1) is 18.3. The molecule has 7 heteroatoms. The maximum atomic E-state index is 11.2. The summed E-state index contributed by atoms with van der Waals surface area (Å²) in [6.45, 7) is 7.41. The van der Waals surface area contributed by atoms with Crippen LogP contribution in [0.2, 0.25) is 0 Å². The van der Waals surface area contributed by atoms with Crippen molar-refractivity contribution in [2.75, 3.05) is 0 Å². The number of hydrogen-bond donors (Lipinski definition) is 0. The van der Waals surface area contributed by atoms with Crippen LogP contribution in [0.3, 0.4) is 0 Å². The Morgan fingerprint density at radius 2 is 1.52 bits per heavy atom. The fourth-order valence-corrected chi connectivity index (χ4v) is 1.69. The summed E-state index contributed by atoms with van der Waals surface area (Å²) in [4.78, 5) is 37.6. The molecule has 0 aliphatic carbocycles. The van der Waals surface area contributed by atoms with Gasteiger partial charge in [0.1, 0.15) is 0 Å². The third-order valence-electron chi connectivity index (χ3n) is 2.75. The topological polar surface area (TPSA) is 91.3 Å². The highest BCUT2D eigenvalue weighted by Gasteiger charge is 2.22. The molecule has 0 unspecified atom stereocenters. The van der Waals surface area contributed by atoms with E-state index in [4.69, 9.17) is 9.47 Å². The van der Waals surface area contributed by atoms with E-state index >= 15 is 0 Å². The van der Waals surface area contributed by atoms with E-state index in [2.05, 4.69) is 9.99 Å². The molecule has 7 nitrogen and oxygen atoms in total. The average Bonchev–Trinajstić information content (AvgIpc) is 2.38. The molecule has 0 N–H and O–H groups in total. The third-order valence-corrected chi connectivity index (χ3v) is 2.75. The molecule has 0 heterocycles. The largest absolute Gasteiger partial charge is 0.423 e. The van der Waals surface area contributed by atoms with Gasteiger partial charge in [0.2, 0.25) is 0 Å². The lowest BCUT2D eigenvalue weighted by Crippen LogP contribution is -2.20. The van der Waals surface area contributed by atoms with E-state index in [0.717, 1.165) is 5.56 Å². The van der Waals surface area contributed by atoms with Crippen LogP contribution in [-0.2, 0) is 24.6 Å². The minimum absolute atomic E-state index is 0.124. The summed E-state index contributed by atoms with van der Waals surface area (Å²) in [7, 11) is 0. The summed E-state index contributed by atoms with van der Waals surface area (Å²) >= 11 is 0. The van der Waals surface area contributed by atoms with Gasteiger partial charge in [-0.3, -0.25) is 9.59 Å². The molecular formula is C16H19NO6. The van der Waals surface area contributed by atoms with E-state index in [1.807, 2.05) is 13.8 Å². The van der Waals surface area contributed by atoms with Crippen LogP contribution >= 0.6 is 0 Å². The first-order chi connectivity index (χ1) is 10.6. The monoisotopic (exact) mass is 321 g/mol. The SMILES string of the molecule is CC(=O)ON=CC(C)(C)c1ccc(OC(C)=O)c(OC(C)=O)c1. The lowest BCUT2D eigenvalue weighted by atomic mass is 9.86. The van der Waals surface area contributed by atoms with E-state index in [0.29, 0.717) is 0 Å². The zero-order valence-electron chi connectivity index (χ0n) is 13.7. The van der Waals surface area contributed by atoms with Gasteiger partial charge in [-0.15, -0.1) is 0 Å². The number of carbonyl (C=O) groups excluding carboxylic acids is 3. The predicted molar refractivity (Wildman–Crippen MR) is 82.3 cm³/mol. The van der Waals surface area contributed by atoms with Gasteiger partial charge in [0.15, 0.2) is 11.5 Å². The van der Waals surface area contributed by atoms with Crippen LogP contribution < -0.4 is 9.47 Å². The van der Waals surface area contributed by atoms with Crippen molar-refractivity contribution in [2.24, 2.45) is 5.16 Å². The van der Waals surface area contributed by atoms with Crippen molar-refractivity contribution < 1.29 is 28.7 Å². The van der Waals surface area contributed by atoms with Gasteiger partial charge in [-0.2, -0.15) is 0 Å². The van der Waals surface area contributed by atoms with Crippen LogP contribution in [0, 0.1) is 0 Å². The maximum absolute atomic E-state index is 11.2. The van der Waals surface area contributed by atoms with Gasteiger partial charge in [0.25, 0.3) is 0 Å². The highest BCUT2D eigenvalue weighted by Crippen LogP contribution is 2.33. The van der Waals surface area contributed by atoms with E-state index in [-0.39, 0.29) is 11.5 Å². The smallest absolute Gasteiger partial charge is 0.331 e. The summed E-state index contributed by atoms with van der Waals surface area (Å²) < 4.78 is 10.1. The molecular weight excluding hydrogens is 302 g/mol. The van der Waals surface area contributed by atoms with Crippen molar-refractivity contribution in [3.05, 3.63) is 23.8 Å². The second-order valence-corrected chi connectivity index (χ2v) is 5.39. The van der Waals surface area contributed by atoms with Gasteiger partial charge in [-0.05, 0) is 17.7 Å². The molecule has 0 spiro atoms. The van der Waals surface area contributed by atoms with Crippen molar-refractivity contribution in [1.82, 2.24) is 0 Å².